The Morgan fingerprint density at radius 1 is 1.12 bits per heavy atom. The van der Waals surface area contributed by atoms with Crippen LogP contribution in [-0.2, 0) is 20.1 Å². The Morgan fingerprint density at radius 2 is 1.85 bits per heavy atom. The first kappa shape index (κ1) is 18.6. The molecule has 0 aliphatic rings. The summed E-state index contributed by atoms with van der Waals surface area (Å²) in [6.07, 6.45) is 0. The maximum Gasteiger partial charge on any atom is 0.133 e. The van der Waals surface area contributed by atoms with Crippen LogP contribution in [0.15, 0.2) is 53.0 Å². The zero-order valence-corrected chi connectivity index (χ0v) is 16.6. The SMILES string of the molecule is COc1ccc(CN(C)Cc2cc(-c3ccc(F)cc3)nn2C)cc1Br. The lowest BCUT2D eigenvalue weighted by molar-refractivity contribution is 0.309. The second kappa shape index (κ2) is 8.01. The van der Waals surface area contributed by atoms with Gasteiger partial charge in [-0.15, -0.1) is 0 Å². The molecular weight excluding hydrogens is 397 g/mol. The Hall–Kier alpha value is -2.18. The van der Waals surface area contributed by atoms with Gasteiger partial charge in [-0.05, 0) is 71.0 Å². The average molecular weight is 418 g/mol. The molecule has 0 aliphatic carbocycles. The first-order chi connectivity index (χ1) is 12.5. The molecule has 1 heterocycles. The molecule has 0 saturated heterocycles. The third-order valence-electron chi connectivity index (χ3n) is 4.22. The van der Waals surface area contributed by atoms with Crippen LogP contribution in [0.3, 0.4) is 0 Å². The van der Waals surface area contributed by atoms with E-state index in [1.165, 1.54) is 17.7 Å². The van der Waals surface area contributed by atoms with Crippen molar-refractivity contribution >= 4 is 15.9 Å². The molecule has 0 aliphatic heterocycles. The van der Waals surface area contributed by atoms with Gasteiger partial charge in [-0.1, -0.05) is 6.07 Å². The van der Waals surface area contributed by atoms with Crippen molar-refractivity contribution in [1.82, 2.24) is 14.7 Å². The van der Waals surface area contributed by atoms with Gasteiger partial charge in [-0.3, -0.25) is 9.58 Å². The van der Waals surface area contributed by atoms with Crippen molar-refractivity contribution in [3.63, 3.8) is 0 Å². The van der Waals surface area contributed by atoms with Gasteiger partial charge in [0.05, 0.1) is 23.0 Å². The van der Waals surface area contributed by atoms with Crippen molar-refractivity contribution in [2.75, 3.05) is 14.2 Å². The molecule has 0 unspecified atom stereocenters. The molecule has 0 atom stereocenters. The van der Waals surface area contributed by atoms with E-state index in [4.69, 9.17) is 4.74 Å². The summed E-state index contributed by atoms with van der Waals surface area (Å²) in [6.45, 7) is 1.56. The first-order valence-corrected chi connectivity index (χ1v) is 9.05. The van der Waals surface area contributed by atoms with Crippen molar-refractivity contribution < 1.29 is 9.13 Å². The molecule has 1 aromatic heterocycles. The predicted molar refractivity (Wildman–Crippen MR) is 104 cm³/mol. The van der Waals surface area contributed by atoms with Gasteiger partial charge < -0.3 is 4.74 Å². The number of halogens is 2. The summed E-state index contributed by atoms with van der Waals surface area (Å²) in [4.78, 5) is 2.22. The van der Waals surface area contributed by atoms with Gasteiger partial charge in [0.2, 0.25) is 0 Å². The van der Waals surface area contributed by atoms with E-state index < -0.39 is 0 Å². The van der Waals surface area contributed by atoms with Crippen LogP contribution in [0.1, 0.15) is 11.3 Å². The van der Waals surface area contributed by atoms with E-state index in [2.05, 4.69) is 45.1 Å². The monoisotopic (exact) mass is 417 g/mol. The Bertz CT molecular complexity index is 893. The highest BCUT2D eigenvalue weighted by atomic mass is 79.9. The van der Waals surface area contributed by atoms with E-state index in [1.54, 1.807) is 19.2 Å². The smallest absolute Gasteiger partial charge is 0.133 e. The van der Waals surface area contributed by atoms with Crippen molar-refractivity contribution in [2.24, 2.45) is 7.05 Å². The summed E-state index contributed by atoms with van der Waals surface area (Å²) in [7, 11) is 5.66. The first-order valence-electron chi connectivity index (χ1n) is 8.26. The second-order valence-electron chi connectivity index (χ2n) is 6.29. The Labute approximate surface area is 161 Å². The summed E-state index contributed by atoms with van der Waals surface area (Å²) in [6, 6.07) is 14.6. The summed E-state index contributed by atoms with van der Waals surface area (Å²) in [5, 5.41) is 4.55. The number of nitrogens with zero attached hydrogens (tertiary/aromatic N) is 3. The van der Waals surface area contributed by atoms with Crippen LogP contribution in [0.5, 0.6) is 5.75 Å². The quantitative estimate of drug-likeness (QED) is 0.585. The van der Waals surface area contributed by atoms with Crippen LogP contribution in [0.4, 0.5) is 4.39 Å². The fourth-order valence-corrected chi connectivity index (χ4v) is 3.46. The summed E-state index contributed by atoms with van der Waals surface area (Å²) in [5.41, 5.74) is 4.05. The van der Waals surface area contributed by atoms with Crippen LogP contribution >= 0.6 is 15.9 Å². The number of hydrogen-bond acceptors (Lipinski definition) is 3. The van der Waals surface area contributed by atoms with E-state index in [0.29, 0.717) is 0 Å². The minimum absolute atomic E-state index is 0.240. The third kappa shape index (κ3) is 4.31. The number of methoxy groups -OCH3 is 1. The van der Waals surface area contributed by atoms with E-state index in [0.717, 1.165) is 40.3 Å². The van der Waals surface area contributed by atoms with Gasteiger partial charge in [-0.2, -0.15) is 5.10 Å². The van der Waals surface area contributed by atoms with Crippen LogP contribution < -0.4 is 4.74 Å². The molecule has 0 amide bonds. The fraction of sp³-hybridized carbons (Fsp3) is 0.250. The zero-order valence-electron chi connectivity index (χ0n) is 15.0. The van der Waals surface area contributed by atoms with E-state index >= 15 is 0 Å². The molecule has 6 heteroatoms. The second-order valence-corrected chi connectivity index (χ2v) is 7.15. The largest absolute Gasteiger partial charge is 0.496 e. The summed E-state index contributed by atoms with van der Waals surface area (Å²) >= 11 is 3.53. The number of aryl methyl sites for hydroxylation is 1. The van der Waals surface area contributed by atoms with E-state index in [9.17, 15) is 4.39 Å². The van der Waals surface area contributed by atoms with Gasteiger partial charge in [0.15, 0.2) is 0 Å². The number of aromatic nitrogens is 2. The molecule has 0 saturated carbocycles. The van der Waals surface area contributed by atoms with Crippen LogP contribution in [0.25, 0.3) is 11.3 Å². The minimum Gasteiger partial charge on any atom is -0.496 e. The van der Waals surface area contributed by atoms with Crippen molar-refractivity contribution in [1.29, 1.82) is 0 Å². The van der Waals surface area contributed by atoms with Crippen LogP contribution in [0.2, 0.25) is 0 Å². The molecule has 136 valence electrons. The molecule has 26 heavy (non-hydrogen) atoms. The number of benzene rings is 2. The van der Waals surface area contributed by atoms with Gasteiger partial charge in [0, 0.05) is 25.7 Å². The molecule has 2 aromatic carbocycles. The minimum atomic E-state index is -0.240. The average Bonchev–Trinajstić information content (AvgIpc) is 2.96. The number of ether oxygens (including phenoxy) is 1. The molecule has 3 aromatic rings. The third-order valence-corrected chi connectivity index (χ3v) is 4.84. The van der Waals surface area contributed by atoms with Crippen molar-refractivity contribution in [3.8, 4) is 17.0 Å². The lowest BCUT2D eigenvalue weighted by Gasteiger charge is -2.17. The molecule has 4 nitrogen and oxygen atoms in total. The van der Waals surface area contributed by atoms with Gasteiger partial charge in [-0.25, -0.2) is 4.39 Å². The highest BCUT2D eigenvalue weighted by molar-refractivity contribution is 9.10. The Kier molecular flexibility index (Phi) is 5.74. The highest BCUT2D eigenvalue weighted by Gasteiger charge is 2.11. The molecule has 0 spiro atoms. The standard InChI is InChI=1S/C20H21BrFN3O/c1-24(12-14-4-9-20(26-3)18(21)10-14)13-17-11-19(23-25(17)2)15-5-7-16(22)8-6-15/h4-11H,12-13H2,1-3H3. The molecule has 0 N–H and O–H groups in total. The highest BCUT2D eigenvalue weighted by Crippen LogP contribution is 2.26. The molecule has 0 fully saturated rings. The van der Waals surface area contributed by atoms with Crippen LogP contribution in [0, 0.1) is 5.82 Å². The lowest BCUT2D eigenvalue weighted by atomic mass is 10.1. The van der Waals surface area contributed by atoms with Crippen LogP contribution in [-0.4, -0.2) is 28.8 Å². The lowest BCUT2D eigenvalue weighted by Crippen LogP contribution is -2.19. The maximum atomic E-state index is 13.1. The normalized spacial score (nSPS) is 11.2. The van der Waals surface area contributed by atoms with E-state index in [1.807, 2.05) is 23.9 Å². The Morgan fingerprint density at radius 3 is 2.50 bits per heavy atom. The number of hydrogen-bond donors (Lipinski definition) is 0. The zero-order chi connectivity index (χ0) is 18.7. The predicted octanol–water partition coefficient (Wildman–Crippen LogP) is 4.63. The molecular formula is C20H21BrFN3O. The fourth-order valence-electron chi connectivity index (χ4n) is 2.87. The molecule has 0 bridgehead atoms. The van der Waals surface area contributed by atoms with Gasteiger partial charge in [0.25, 0.3) is 0 Å². The van der Waals surface area contributed by atoms with E-state index in [-0.39, 0.29) is 5.82 Å². The van der Waals surface area contributed by atoms with Crippen molar-refractivity contribution in [2.45, 2.75) is 13.1 Å². The summed E-state index contributed by atoms with van der Waals surface area (Å²) < 4.78 is 21.2. The molecule has 0 radical (unpaired) electrons. The Balaban J connectivity index is 1.70. The summed E-state index contributed by atoms with van der Waals surface area (Å²) in [5.74, 6) is 0.585. The van der Waals surface area contributed by atoms with Gasteiger partial charge >= 0.3 is 0 Å². The molecule has 3 rings (SSSR count). The maximum absolute atomic E-state index is 13.1. The van der Waals surface area contributed by atoms with Gasteiger partial charge in [0.1, 0.15) is 11.6 Å². The van der Waals surface area contributed by atoms with Crippen molar-refractivity contribution in [3.05, 3.63) is 70.1 Å². The topological polar surface area (TPSA) is 30.3 Å². The number of rotatable bonds is 6.